The number of alkyl halides is 2. The van der Waals surface area contributed by atoms with E-state index in [-0.39, 0.29) is 19.1 Å². The number of fused-ring (bicyclic) bond motifs is 1. The maximum absolute atomic E-state index is 12.6. The van der Waals surface area contributed by atoms with E-state index >= 15 is 0 Å². The van der Waals surface area contributed by atoms with Gasteiger partial charge < -0.3 is 19.5 Å². The molecule has 2 aromatic rings. The Hall–Kier alpha value is -2.16. The Labute approximate surface area is 141 Å². The topological polar surface area (TPSA) is 65.5 Å². The molecule has 0 fully saturated rings. The fourth-order valence-electron chi connectivity index (χ4n) is 2.25. The normalized spacial score (nSPS) is 12.9. The third kappa shape index (κ3) is 4.02. The summed E-state index contributed by atoms with van der Waals surface area (Å²) in [5.41, 5.74) is 0.528. The molecule has 1 aliphatic rings. The maximum Gasteiger partial charge on any atom is 0.387 e. The zero-order valence-corrected chi connectivity index (χ0v) is 14.0. The molecule has 0 radical (unpaired) electrons. The molecular formula is C15H17F2N3O3S. The number of ether oxygens (including phenoxy) is 3. The van der Waals surface area contributed by atoms with Gasteiger partial charge >= 0.3 is 6.61 Å². The van der Waals surface area contributed by atoms with Crippen molar-refractivity contribution in [2.75, 3.05) is 12.1 Å². The van der Waals surface area contributed by atoms with Crippen LogP contribution >= 0.6 is 11.5 Å². The number of nitrogens with zero attached hydrogens (tertiary/aromatic N) is 2. The van der Waals surface area contributed by atoms with Crippen molar-refractivity contribution in [2.45, 2.75) is 33.4 Å². The highest BCUT2D eigenvalue weighted by atomic mass is 32.1. The first-order valence-electron chi connectivity index (χ1n) is 7.45. The highest BCUT2D eigenvalue weighted by molar-refractivity contribution is 7.09. The van der Waals surface area contributed by atoms with Crippen LogP contribution in [0.4, 0.5) is 13.9 Å². The molecule has 0 spiro atoms. The van der Waals surface area contributed by atoms with Crippen LogP contribution in [-0.4, -0.2) is 22.8 Å². The molecule has 6 nitrogen and oxygen atoms in total. The molecule has 0 atom stereocenters. The minimum atomic E-state index is -2.91. The molecule has 24 heavy (non-hydrogen) atoms. The Bertz CT molecular complexity index is 709. The van der Waals surface area contributed by atoms with Gasteiger partial charge in [-0.15, -0.1) is 0 Å². The molecule has 130 valence electrons. The van der Waals surface area contributed by atoms with Crippen LogP contribution in [0.25, 0.3) is 0 Å². The van der Waals surface area contributed by atoms with Crippen LogP contribution < -0.4 is 19.5 Å². The summed E-state index contributed by atoms with van der Waals surface area (Å²) >= 11 is 1.24. The first-order chi connectivity index (χ1) is 11.5. The second kappa shape index (κ2) is 7.16. The predicted octanol–water partition coefficient (Wildman–Crippen LogP) is 3.68. The smallest absolute Gasteiger partial charge is 0.387 e. The average Bonchev–Trinajstić information content (AvgIpc) is 3.12. The number of rotatable bonds is 7. The minimum Gasteiger partial charge on any atom is -0.454 e. The van der Waals surface area contributed by atoms with Crippen molar-refractivity contribution in [3.63, 3.8) is 0 Å². The molecule has 0 saturated carbocycles. The quantitative estimate of drug-likeness (QED) is 0.815. The molecule has 2 heterocycles. The monoisotopic (exact) mass is 357 g/mol. The van der Waals surface area contributed by atoms with Gasteiger partial charge in [-0.3, -0.25) is 0 Å². The van der Waals surface area contributed by atoms with Crippen molar-refractivity contribution in [1.29, 1.82) is 0 Å². The Balaban J connectivity index is 1.72. The number of hydrogen-bond donors (Lipinski definition) is 1. The van der Waals surface area contributed by atoms with Crippen molar-refractivity contribution >= 4 is 16.7 Å². The zero-order chi connectivity index (χ0) is 17.1. The van der Waals surface area contributed by atoms with Crippen LogP contribution in [0.2, 0.25) is 0 Å². The summed E-state index contributed by atoms with van der Waals surface area (Å²) in [7, 11) is 0. The lowest BCUT2D eigenvalue weighted by Gasteiger charge is -2.12. The van der Waals surface area contributed by atoms with Crippen molar-refractivity contribution in [3.05, 3.63) is 23.5 Å². The molecule has 1 aromatic heterocycles. The van der Waals surface area contributed by atoms with Crippen molar-refractivity contribution in [2.24, 2.45) is 5.92 Å². The Morgan fingerprint density at radius 1 is 1.29 bits per heavy atom. The Kier molecular flexibility index (Phi) is 4.98. The Morgan fingerprint density at radius 2 is 2.04 bits per heavy atom. The molecular weight excluding hydrogens is 340 g/mol. The average molecular weight is 357 g/mol. The standard InChI is InChI=1S/C15H17F2N3O3S/c1-8(2)3-13-19-15(24-20-13)18-6-9-4-11-12(22-7-21-11)5-10(9)23-14(16)17/h4-5,8,14H,3,6-7H2,1-2H3,(H,18,19,20). The van der Waals surface area contributed by atoms with Gasteiger partial charge in [-0.2, -0.15) is 13.2 Å². The first kappa shape index (κ1) is 16.7. The third-order valence-corrected chi connectivity index (χ3v) is 3.97. The van der Waals surface area contributed by atoms with Crippen LogP contribution in [0.1, 0.15) is 25.2 Å². The van der Waals surface area contributed by atoms with Gasteiger partial charge in [0.1, 0.15) is 11.6 Å². The highest BCUT2D eigenvalue weighted by Crippen LogP contribution is 2.39. The van der Waals surface area contributed by atoms with Gasteiger partial charge in [0.25, 0.3) is 0 Å². The number of halogens is 2. The van der Waals surface area contributed by atoms with E-state index in [1.54, 1.807) is 6.07 Å². The molecule has 1 aromatic carbocycles. The van der Waals surface area contributed by atoms with E-state index in [2.05, 4.69) is 33.3 Å². The summed E-state index contributed by atoms with van der Waals surface area (Å²) in [6.45, 7) is 1.59. The van der Waals surface area contributed by atoms with Gasteiger partial charge in [0.05, 0.1) is 0 Å². The Morgan fingerprint density at radius 3 is 2.75 bits per heavy atom. The van der Waals surface area contributed by atoms with E-state index in [0.717, 1.165) is 12.2 Å². The molecule has 0 bridgehead atoms. The third-order valence-electron chi connectivity index (χ3n) is 3.26. The van der Waals surface area contributed by atoms with E-state index in [1.807, 2.05) is 0 Å². The summed E-state index contributed by atoms with van der Waals surface area (Å²) in [5.74, 6) is 2.18. The number of nitrogens with one attached hydrogen (secondary N) is 1. The van der Waals surface area contributed by atoms with Crippen molar-refractivity contribution in [1.82, 2.24) is 9.36 Å². The molecule has 1 N–H and O–H groups in total. The second-order valence-electron chi connectivity index (χ2n) is 5.66. The molecule has 1 aliphatic heterocycles. The number of hydrogen-bond acceptors (Lipinski definition) is 7. The van der Waals surface area contributed by atoms with Gasteiger partial charge in [0, 0.05) is 36.1 Å². The van der Waals surface area contributed by atoms with Crippen LogP contribution in [0.5, 0.6) is 17.2 Å². The van der Waals surface area contributed by atoms with Crippen LogP contribution in [-0.2, 0) is 13.0 Å². The lowest BCUT2D eigenvalue weighted by molar-refractivity contribution is -0.0504. The van der Waals surface area contributed by atoms with E-state index in [1.165, 1.54) is 17.6 Å². The van der Waals surface area contributed by atoms with Gasteiger partial charge in [0.2, 0.25) is 11.9 Å². The van der Waals surface area contributed by atoms with Crippen molar-refractivity contribution in [3.8, 4) is 17.2 Å². The van der Waals surface area contributed by atoms with E-state index in [9.17, 15) is 8.78 Å². The van der Waals surface area contributed by atoms with E-state index < -0.39 is 6.61 Å². The van der Waals surface area contributed by atoms with Gasteiger partial charge in [-0.05, 0) is 12.0 Å². The minimum absolute atomic E-state index is 0.0497. The second-order valence-corrected chi connectivity index (χ2v) is 6.41. The largest absolute Gasteiger partial charge is 0.454 e. The molecule has 0 aliphatic carbocycles. The highest BCUT2D eigenvalue weighted by Gasteiger charge is 2.20. The van der Waals surface area contributed by atoms with Crippen LogP contribution in [0, 0.1) is 5.92 Å². The maximum atomic E-state index is 12.6. The lowest BCUT2D eigenvalue weighted by Crippen LogP contribution is -2.07. The molecule has 9 heteroatoms. The van der Waals surface area contributed by atoms with Gasteiger partial charge in [0.15, 0.2) is 11.5 Å². The lowest BCUT2D eigenvalue weighted by atomic mass is 10.1. The summed E-state index contributed by atoms with van der Waals surface area (Å²) < 4.78 is 44.5. The summed E-state index contributed by atoms with van der Waals surface area (Å²) in [6, 6.07) is 3.04. The molecule has 3 rings (SSSR count). The molecule has 0 amide bonds. The number of benzene rings is 1. The zero-order valence-electron chi connectivity index (χ0n) is 13.2. The predicted molar refractivity (Wildman–Crippen MR) is 85.0 cm³/mol. The van der Waals surface area contributed by atoms with Gasteiger partial charge in [-0.25, -0.2) is 4.98 Å². The fraction of sp³-hybridized carbons (Fsp3) is 0.467. The molecule has 0 unspecified atom stereocenters. The van der Waals surface area contributed by atoms with Gasteiger partial charge in [-0.1, -0.05) is 13.8 Å². The number of aromatic nitrogens is 2. The summed E-state index contributed by atoms with van der Waals surface area (Å²) in [4.78, 5) is 4.38. The van der Waals surface area contributed by atoms with Crippen LogP contribution in [0.15, 0.2) is 12.1 Å². The SMILES string of the molecule is CC(C)Cc1nsc(NCc2cc3c(cc2OC(F)F)OCO3)n1. The molecule has 0 saturated heterocycles. The number of anilines is 1. The fourth-order valence-corrected chi connectivity index (χ4v) is 2.84. The van der Waals surface area contributed by atoms with Crippen molar-refractivity contribution < 1.29 is 23.0 Å². The van der Waals surface area contributed by atoms with E-state index in [0.29, 0.717) is 28.1 Å². The van der Waals surface area contributed by atoms with Crippen LogP contribution in [0.3, 0.4) is 0 Å². The van der Waals surface area contributed by atoms with E-state index in [4.69, 9.17) is 9.47 Å². The summed E-state index contributed by atoms with van der Waals surface area (Å²) in [6.07, 6.45) is 0.794. The first-order valence-corrected chi connectivity index (χ1v) is 8.22. The summed E-state index contributed by atoms with van der Waals surface area (Å²) in [5, 5.41) is 3.71.